The number of nitrogens with one attached hydrogen (secondary N) is 1. The Hall–Kier alpha value is -3.66. The lowest BCUT2D eigenvalue weighted by atomic mass is 9.93. The summed E-state index contributed by atoms with van der Waals surface area (Å²) >= 11 is 0. The third-order valence-corrected chi connectivity index (χ3v) is 6.80. The number of carbonyl (C=O) groups is 1. The van der Waals surface area contributed by atoms with Crippen molar-refractivity contribution in [1.82, 2.24) is 24.6 Å². The zero-order valence-corrected chi connectivity index (χ0v) is 23.3. The summed E-state index contributed by atoms with van der Waals surface area (Å²) in [5.41, 5.74) is 0.712. The van der Waals surface area contributed by atoms with E-state index >= 15 is 0 Å². The number of aromatic nitrogens is 4. The third kappa shape index (κ3) is 6.86. The summed E-state index contributed by atoms with van der Waals surface area (Å²) in [6.07, 6.45) is 8.93. The molecule has 10 nitrogen and oxygen atoms in total. The van der Waals surface area contributed by atoms with Crippen LogP contribution in [-0.2, 0) is 10.3 Å². The van der Waals surface area contributed by atoms with Crippen LogP contribution >= 0.6 is 0 Å². The van der Waals surface area contributed by atoms with Gasteiger partial charge in [-0.05, 0) is 78.5 Å². The highest BCUT2D eigenvalue weighted by Crippen LogP contribution is 2.41. The van der Waals surface area contributed by atoms with Crippen molar-refractivity contribution in [3.05, 3.63) is 54.2 Å². The standard InChI is InChI=1S/C29H38N6O4/c1-28(2,3)39-27(36)34-14-10-19(11-15-34)26-23(18-35(33-26)21-6-7-21)38-22-9-13-31-25(17-22)32-20-8-12-30-24(16-20)29(4,5)37/h8-9,12-13,16-19,21,37H,6-7,10-11,14-15H2,1-5H3,(H,30,31,32). The third-order valence-electron chi connectivity index (χ3n) is 6.80. The first-order chi connectivity index (χ1) is 18.4. The molecule has 3 aromatic rings. The van der Waals surface area contributed by atoms with E-state index in [4.69, 9.17) is 14.6 Å². The lowest BCUT2D eigenvalue weighted by Crippen LogP contribution is -2.41. The normalized spacial score (nSPS) is 16.7. The van der Waals surface area contributed by atoms with E-state index in [0.717, 1.165) is 42.8 Å². The Morgan fingerprint density at radius 2 is 1.74 bits per heavy atom. The first kappa shape index (κ1) is 26.9. The SMILES string of the molecule is CC(C)(C)OC(=O)N1CCC(c2nn(C3CC3)cc2Oc2ccnc(Nc3ccnc(C(C)(C)O)c3)c2)CC1. The highest BCUT2D eigenvalue weighted by Gasteiger charge is 2.33. The average Bonchev–Trinajstić information content (AvgIpc) is 3.63. The molecule has 0 unspecified atom stereocenters. The molecule has 1 aliphatic heterocycles. The summed E-state index contributed by atoms with van der Waals surface area (Å²) in [6.45, 7) is 10.3. The molecule has 1 saturated heterocycles. The number of likely N-dealkylation sites (tertiary alicyclic amines) is 1. The topological polar surface area (TPSA) is 115 Å². The summed E-state index contributed by atoms with van der Waals surface area (Å²) in [7, 11) is 0. The van der Waals surface area contributed by atoms with E-state index in [-0.39, 0.29) is 12.0 Å². The van der Waals surface area contributed by atoms with Gasteiger partial charge in [0, 0.05) is 43.2 Å². The Labute approximate surface area is 229 Å². The molecule has 39 heavy (non-hydrogen) atoms. The van der Waals surface area contributed by atoms with Gasteiger partial charge >= 0.3 is 6.09 Å². The van der Waals surface area contributed by atoms with Crippen molar-refractivity contribution in [3.8, 4) is 11.5 Å². The van der Waals surface area contributed by atoms with Gasteiger partial charge < -0.3 is 24.8 Å². The molecule has 0 aromatic carbocycles. The Morgan fingerprint density at radius 1 is 1.03 bits per heavy atom. The quantitative estimate of drug-likeness (QED) is 0.386. The van der Waals surface area contributed by atoms with Crippen LogP contribution in [0.3, 0.4) is 0 Å². The van der Waals surface area contributed by atoms with Crippen LogP contribution < -0.4 is 10.1 Å². The number of aliphatic hydroxyl groups is 1. The number of nitrogens with zero attached hydrogens (tertiary/aromatic N) is 5. The van der Waals surface area contributed by atoms with Crippen LogP contribution in [-0.4, -0.2) is 54.5 Å². The monoisotopic (exact) mass is 534 g/mol. The molecule has 0 radical (unpaired) electrons. The number of carbonyl (C=O) groups excluding carboxylic acids is 1. The van der Waals surface area contributed by atoms with Crippen molar-refractivity contribution in [2.24, 2.45) is 0 Å². The van der Waals surface area contributed by atoms with Gasteiger partial charge in [-0.1, -0.05) is 0 Å². The fourth-order valence-corrected chi connectivity index (χ4v) is 4.60. The Balaban J connectivity index is 1.30. The molecule has 1 aliphatic carbocycles. The van der Waals surface area contributed by atoms with E-state index in [9.17, 15) is 9.90 Å². The summed E-state index contributed by atoms with van der Waals surface area (Å²) in [6, 6.07) is 7.72. The maximum atomic E-state index is 12.5. The molecule has 2 aliphatic rings. The molecular formula is C29H38N6O4. The number of piperidine rings is 1. The molecule has 2 fully saturated rings. The summed E-state index contributed by atoms with van der Waals surface area (Å²) in [5, 5.41) is 18.5. The minimum atomic E-state index is -1.04. The molecule has 0 bridgehead atoms. The smallest absolute Gasteiger partial charge is 0.410 e. The molecule has 2 N–H and O–H groups in total. The summed E-state index contributed by atoms with van der Waals surface area (Å²) < 4.78 is 14.0. The van der Waals surface area contributed by atoms with Crippen molar-refractivity contribution in [3.63, 3.8) is 0 Å². The molecular weight excluding hydrogens is 496 g/mol. The van der Waals surface area contributed by atoms with Gasteiger partial charge in [-0.25, -0.2) is 9.78 Å². The number of pyridine rings is 2. The van der Waals surface area contributed by atoms with E-state index in [0.29, 0.717) is 36.4 Å². The van der Waals surface area contributed by atoms with Crippen molar-refractivity contribution in [2.45, 2.75) is 83.5 Å². The van der Waals surface area contributed by atoms with E-state index in [2.05, 4.69) is 15.3 Å². The number of hydrogen-bond acceptors (Lipinski definition) is 8. The lowest BCUT2D eigenvalue weighted by Gasteiger charge is -2.33. The first-order valence-electron chi connectivity index (χ1n) is 13.6. The second-order valence-electron chi connectivity index (χ2n) is 11.9. The second kappa shape index (κ2) is 10.5. The predicted molar refractivity (Wildman–Crippen MR) is 147 cm³/mol. The van der Waals surface area contributed by atoms with Crippen LogP contribution in [0.25, 0.3) is 0 Å². The van der Waals surface area contributed by atoms with E-state index in [1.54, 1.807) is 37.2 Å². The average molecular weight is 535 g/mol. The molecule has 1 saturated carbocycles. The first-order valence-corrected chi connectivity index (χ1v) is 13.6. The highest BCUT2D eigenvalue weighted by molar-refractivity contribution is 5.68. The van der Waals surface area contributed by atoms with Gasteiger partial charge in [0.15, 0.2) is 5.75 Å². The molecule has 1 amide bonds. The molecule has 5 rings (SSSR count). The van der Waals surface area contributed by atoms with E-state index in [1.165, 1.54) is 0 Å². The fraction of sp³-hybridized carbons (Fsp3) is 0.517. The van der Waals surface area contributed by atoms with Crippen molar-refractivity contribution >= 4 is 17.6 Å². The highest BCUT2D eigenvalue weighted by atomic mass is 16.6. The van der Waals surface area contributed by atoms with Gasteiger partial charge in [0.1, 0.15) is 28.5 Å². The van der Waals surface area contributed by atoms with Gasteiger partial charge in [-0.2, -0.15) is 5.10 Å². The van der Waals surface area contributed by atoms with Crippen molar-refractivity contribution < 1.29 is 19.4 Å². The Bertz CT molecular complexity index is 1310. The van der Waals surface area contributed by atoms with Crippen LogP contribution in [0.15, 0.2) is 42.9 Å². The van der Waals surface area contributed by atoms with E-state index < -0.39 is 11.2 Å². The predicted octanol–water partition coefficient (Wildman–Crippen LogP) is 5.89. The van der Waals surface area contributed by atoms with Gasteiger partial charge in [-0.3, -0.25) is 9.67 Å². The minimum absolute atomic E-state index is 0.190. The number of hydrogen-bond donors (Lipinski definition) is 2. The van der Waals surface area contributed by atoms with Crippen LogP contribution in [0.4, 0.5) is 16.3 Å². The molecule has 0 spiro atoms. The summed E-state index contributed by atoms with van der Waals surface area (Å²) in [4.78, 5) is 23.0. The molecule has 10 heteroatoms. The van der Waals surface area contributed by atoms with Crippen molar-refractivity contribution in [2.75, 3.05) is 18.4 Å². The van der Waals surface area contributed by atoms with Crippen LogP contribution in [0.2, 0.25) is 0 Å². The van der Waals surface area contributed by atoms with Gasteiger partial charge in [0.05, 0.1) is 17.9 Å². The number of anilines is 2. The second-order valence-corrected chi connectivity index (χ2v) is 11.9. The van der Waals surface area contributed by atoms with E-state index in [1.807, 2.05) is 49.8 Å². The maximum Gasteiger partial charge on any atom is 0.410 e. The maximum absolute atomic E-state index is 12.5. The minimum Gasteiger partial charge on any atom is -0.454 e. The number of ether oxygens (including phenoxy) is 2. The molecule has 208 valence electrons. The van der Waals surface area contributed by atoms with Gasteiger partial charge in [0.25, 0.3) is 0 Å². The lowest BCUT2D eigenvalue weighted by molar-refractivity contribution is 0.0203. The Kier molecular flexibility index (Phi) is 7.24. The zero-order valence-electron chi connectivity index (χ0n) is 23.3. The fourth-order valence-electron chi connectivity index (χ4n) is 4.60. The summed E-state index contributed by atoms with van der Waals surface area (Å²) in [5.74, 6) is 2.19. The van der Waals surface area contributed by atoms with Crippen molar-refractivity contribution in [1.29, 1.82) is 0 Å². The Morgan fingerprint density at radius 3 is 2.41 bits per heavy atom. The zero-order chi connectivity index (χ0) is 27.8. The van der Waals surface area contributed by atoms with Gasteiger partial charge in [0.2, 0.25) is 0 Å². The molecule has 4 heterocycles. The molecule has 0 atom stereocenters. The van der Waals surface area contributed by atoms with Gasteiger partial charge in [-0.15, -0.1) is 0 Å². The number of rotatable bonds is 7. The molecule has 3 aromatic heterocycles. The largest absolute Gasteiger partial charge is 0.454 e. The van der Waals surface area contributed by atoms with Crippen LogP contribution in [0.5, 0.6) is 11.5 Å². The van der Waals surface area contributed by atoms with Crippen LogP contribution in [0.1, 0.15) is 83.6 Å². The van der Waals surface area contributed by atoms with Crippen LogP contribution in [0, 0.1) is 0 Å². The number of amides is 1.